The highest BCUT2D eigenvalue weighted by atomic mass is 19.1. The van der Waals surface area contributed by atoms with Crippen LogP contribution in [0.5, 0.6) is 5.75 Å². The van der Waals surface area contributed by atoms with E-state index < -0.39 is 11.6 Å². The highest BCUT2D eigenvalue weighted by Gasteiger charge is 2.42. The molecule has 6 heteroatoms. The van der Waals surface area contributed by atoms with Crippen molar-refractivity contribution in [2.24, 2.45) is 0 Å². The van der Waals surface area contributed by atoms with Gasteiger partial charge in [-0.05, 0) is 54.8 Å². The Bertz CT molecular complexity index is 1170. The number of benzene rings is 3. The second-order valence-electron chi connectivity index (χ2n) is 8.82. The molecule has 1 amide bonds. The Kier molecular flexibility index (Phi) is 5.85. The number of likely N-dealkylation sites (N-methyl/N-ethyl adjacent to an activating group) is 1. The smallest absolute Gasteiger partial charge is 0.257 e. The van der Waals surface area contributed by atoms with E-state index in [0.29, 0.717) is 16.9 Å². The number of ether oxygens (including phenoxy) is 1. The molecule has 0 spiro atoms. The lowest BCUT2D eigenvalue weighted by Gasteiger charge is -2.25. The van der Waals surface area contributed by atoms with Crippen LogP contribution in [0, 0.1) is 11.6 Å². The lowest BCUT2D eigenvalue weighted by atomic mass is 10.0. The molecular weight excluding hydrogens is 422 g/mol. The minimum atomic E-state index is -0.643. The van der Waals surface area contributed by atoms with Gasteiger partial charge in [-0.15, -0.1) is 0 Å². The number of nitrogens with zero attached hydrogens (tertiary/aromatic N) is 2. The molecule has 4 nitrogen and oxygen atoms in total. The van der Waals surface area contributed by atoms with Crippen LogP contribution in [0.25, 0.3) is 11.1 Å². The molecule has 1 saturated heterocycles. The molecule has 170 valence electrons. The summed E-state index contributed by atoms with van der Waals surface area (Å²) in [5, 5.41) is 0. The van der Waals surface area contributed by atoms with Crippen LogP contribution in [0.15, 0.2) is 66.7 Å². The van der Waals surface area contributed by atoms with Crippen LogP contribution in [-0.4, -0.2) is 54.5 Å². The number of likely N-dealkylation sites (tertiary alicyclic amines) is 1. The summed E-state index contributed by atoms with van der Waals surface area (Å²) in [5.74, 6) is -0.919. The number of fused-ring (bicyclic) bond motifs is 2. The Labute approximate surface area is 192 Å². The number of halogens is 2. The summed E-state index contributed by atoms with van der Waals surface area (Å²) in [6.07, 6.45) is 1.88. The van der Waals surface area contributed by atoms with E-state index in [2.05, 4.69) is 29.2 Å². The van der Waals surface area contributed by atoms with Crippen molar-refractivity contribution in [2.45, 2.75) is 25.0 Å². The Morgan fingerprint density at radius 3 is 2.55 bits per heavy atom. The first-order chi connectivity index (χ1) is 16.0. The predicted molar refractivity (Wildman–Crippen MR) is 123 cm³/mol. The molecule has 2 aliphatic rings. The molecule has 0 radical (unpaired) electrons. The molecular formula is C27H26F2N2O2. The van der Waals surface area contributed by atoms with Gasteiger partial charge in [0.25, 0.3) is 5.91 Å². The highest BCUT2D eigenvalue weighted by Crippen LogP contribution is 2.35. The summed E-state index contributed by atoms with van der Waals surface area (Å²) < 4.78 is 34.0. The molecule has 3 aromatic carbocycles. The standard InChI is InChI=1S/C27H26F2N2O2/c1-30-24-16-31(13-5-8-18-6-3-2-4-7-18)17-26(24)33-25-14-19(9-11-22(25)27(30)32)21-12-10-20(28)15-23(21)29/h2-4,6-7,9-12,14-15,24,26H,5,8,13,16-17H2,1H3. The largest absolute Gasteiger partial charge is 0.486 e. The maximum Gasteiger partial charge on any atom is 0.257 e. The zero-order valence-electron chi connectivity index (χ0n) is 18.5. The summed E-state index contributed by atoms with van der Waals surface area (Å²) >= 11 is 0. The highest BCUT2D eigenvalue weighted by molar-refractivity contribution is 5.98. The number of carbonyl (C=O) groups excluding carboxylic acids is 1. The van der Waals surface area contributed by atoms with Crippen LogP contribution < -0.4 is 4.74 Å². The third-order valence-corrected chi connectivity index (χ3v) is 6.65. The first kappa shape index (κ1) is 21.6. The maximum absolute atomic E-state index is 14.3. The van der Waals surface area contributed by atoms with Gasteiger partial charge in [0.15, 0.2) is 0 Å². The second kappa shape index (κ2) is 8.94. The van der Waals surface area contributed by atoms with E-state index in [-0.39, 0.29) is 23.6 Å². The van der Waals surface area contributed by atoms with E-state index in [1.807, 2.05) is 13.1 Å². The van der Waals surface area contributed by atoms with Crippen molar-refractivity contribution < 1.29 is 18.3 Å². The van der Waals surface area contributed by atoms with E-state index in [1.165, 1.54) is 17.7 Å². The van der Waals surface area contributed by atoms with Gasteiger partial charge in [-0.25, -0.2) is 8.78 Å². The number of amides is 1. The molecule has 0 bridgehead atoms. The van der Waals surface area contributed by atoms with Gasteiger partial charge >= 0.3 is 0 Å². The predicted octanol–water partition coefficient (Wildman–Crippen LogP) is 4.78. The average molecular weight is 449 g/mol. The third-order valence-electron chi connectivity index (χ3n) is 6.65. The van der Waals surface area contributed by atoms with E-state index in [4.69, 9.17) is 4.74 Å². The Balaban J connectivity index is 1.33. The summed E-state index contributed by atoms with van der Waals surface area (Å²) in [7, 11) is 1.82. The van der Waals surface area contributed by atoms with Crippen molar-refractivity contribution in [3.05, 3.63) is 89.5 Å². The van der Waals surface area contributed by atoms with Crippen LogP contribution in [0.2, 0.25) is 0 Å². The quantitative estimate of drug-likeness (QED) is 0.563. The number of aryl methyl sites for hydroxylation is 1. The fraction of sp³-hybridized carbons (Fsp3) is 0.296. The molecule has 0 aromatic heterocycles. The summed E-state index contributed by atoms with van der Waals surface area (Å²) in [6, 6.07) is 18.9. The zero-order valence-corrected chi connectivity index (χ0v) is 18.5. The molecule has 0 saturated carbocycles. The van der Waals surface area contributed by atoms with Crippen molar-refractivity contribution in [1.29, 1.82) is 0 Å². The molecule has 2 aliphatic heterocycles. The maximum atomic E-state index is 14.3. The molecule has 0 aliphatic carbocycles. The van der Waals surface area contributed by atoms with E-state index >= 15 is 0 Å². The first-order valence-corrected chi connectivity index (χ1v) is 11.3. The third kappa shape index (κ3) is 4.35. The Morgan fingerprint density at radius 1 is 0.970 bits per heavy atom. The molecule has 2 heterocycles. The number of rotatable bonds is 5. The van der Waals surface area contributed by atoms with Crippen molar-refractivity contribution in [1.82, 2.24) is 9.80 Å². The van der Waals surface area contributed by atoms with Gasteiger partial charge in [0.05, 0.1) is 11.6 Å². The second-order valence-corrected chi connectivity index (χ2v) is 8.82. The normalized spacial score (nSPS) is 20.2. The molecule has 5 rings (SSSR count). The van der Waals surface area contributed by atoms with Gasteiger partial charge in [-0.2, -0.15) is 0 Å². The Hall–Kier alpha value is -3.25. The number of hydrogen-bond donors (Lipinski definition) is 0. The van der Waals surface area contributed by atoms with Crippen LogP contribution >= 0.6 is 0 Å². The molecule has 33 heavy (non-hydrogen) atoms. The lowest BCUT2D eigenvalue weighted by molar-refractivity contribution is 0.0682. The fourth-order valence-corrected chi connectivity index (χ4v) is 4.85. The van der Waals surface area contributed by atoms with E-state index in [9.17, 15) is 13.6 Å². The molecule has 3 aromatic rings. The number of carbonyl (C=O) groups is 1. The molecule has 2 atom stereocenters. The fourth-order valence-electron chi connectivity index (χ4n) is 4.85. The Morgan fingerprint density at radius 2 is 1.76 bits per heavy atom. The molecule has 2 unspecified atom stereocenters. The van der Waals surface area contributed by atoms with Crippen molar-refractivity contribution >= 4 is 5.91 Å². The van der Waals surface area contributed by atoms with Crippen LogP contribution in [0.3, 0.4) is 0 Å². The summed E-state index contributed by atoms with van der Waals surface area (Å²) in [5.41, 5.74) is 2.62. The first-order valence-electron chi connectivity index (χ1n) is 11.3. The van der Waals surface area contributed by atoms with E-state index in [0.717, 1.165) is 38.5 Å². The van der Waals surface area contributed by atoms with Gasteiger partial charge in [-0.1, -0.05) is 36.4 Å². The van der Waals surface area contributed by atoms with Crippen molar-refractivity contribution in [3.8, 4) is 16.9 Å². The summed E-state index contributed by atoms with van der Waals surface area (Å²) in [4.78, 5) is 17.3. The zero-order chi connectivity index (χ0) is 22.9. The summed E-state index contributed by atoms with van der Waals surface area (Å²) in [6.45, 7) is 2.42. The monoisotopic (exact) mass is 448 g/mol. The van der Waals surface area contributed by atoms with Gasteiger partial charge in [-0.3, -0.25) is 9.69 Å². The average Bonchev–Trinajstić information content (AvgIpc) is 3.17. The van der Waals surface area contributed by atoms with Gasteiger partial charge in [0.2, 0.25) is 0 Å². The van der Waals surface area contributed by atoms with Crippen molar-refractivity contribution in [2.75, 3.05) is 26.7 Å². The SMILES string of the molecule is CN1C(=O)c2ccc(-c3ccc(F)cc3F)cc2OC2CN(CCCc3ccccc3)CC21. The lowest BCUT2D eigenvalue weighted by Crippen LogP contribution is -2.44. The molecule has 1 fully saturated rings. The molecule has 0 N–H and O–H groups in total. The minimum absolute atomic E-state index is 0.0485. The van der Waals surface area contributed by atoms with Crippen LogP contribution in [0.1, 0.15) is 22.3 Å². The van der Waals surface area contributed by atoms with E-state index in [1.54, 1.807) is 23.1 Å². The van der Waals surface area contributed by atoms with Gasteiger partial charge in [0, 0.05) is 31.8 Å². The van der Waals surface area contributed by atoms with Crippen molar-refractivity contribution in [3.63, 3.8) is 0 Å². The van der Waals surface area contributed by atoms with Gasteiger partial charge in [0.1, 0.15) is 23.5 Å². The van der Waals surface area contributed by atoms with Gasteiger partial charge < -0.3 is 9.64 Å². The number of hydrogen-bond acceptors (Lipinski definition) is 3. The minimum Gasteiger partial charge on any atom is -0.486 e. The van der Waals surface area contributed by atoms with Crippen LogP contribution in [0.4, 0.5) is 8.78 Å². The van der Waals surface area contributed by atoms with Crippen LogP contribution in [-0.2, 0) is 6.42 Å². The topological polar surface area (TPSA) is 32.8 Å².